The maximum absolute atomic E-state index is 12.7. The van der Waals surface area contributed by atoms with E-state index in [0.717, 1.165) is 29.8 Å². The average molecular weight is 369 g/mol. The summed E-state index contributed by atoms with van der Waals surface area (Å²) in [5.41, 5.74) is 3.90. The maximum atomic E-state index is 12.7. The van der Waals surface area contributed by atoms with Gasteiger partial charge in [0.25, 0.3) is 11.5 Å². The average Bonchev–Trinajstić information content (AvgIpc) is 3.33. The standard InChI is InChI=1S/C19H23N5O3/c1-5-14-10(2)18-21-15(8-16(25)24(18)22-14)13-6-7-23(9-13)19(26)17-11(3)20-12(4)27-17/h8,13,22H,5-7,9H2,1-4H3/t13-/m1/s1. The Labute approximate surface area is 156 Å². The van der Waals surface area contributed by atoms with E-state index in [-0.39, 0.29) is 17.4 Å². The van der Waals surface area contributed by atoms with Crippen LogP contribution >= 0.6 is 0 Å². The smallest absolute Gasteiger partial charge is 0.291 e. The Morgan fingerprint density at radius 2 is 2.11 bits per heavy atom. The highest BCUT2D eigenvalue weighted by Gasteiger charge is 2.32. The van der Waals surface area contributed by atoms with Gasteiger partial charge >= 0.3 is 0 Å². The lowest BCUT2D eigenvalue weighted by Gasteiger charge is -2.15. The molecule has 8 nitrogen and oxygen atoms in total. The third kappa shape index (κ3) is 2.85. The predicted molar refractivity (Wildman–Crippen MR) is 99.2 cm³/mol. The van der Waals surface area contributed by atoms with Crippen LogP contribution in [0.4, 0.5) is 0 Å². The van der Waals surface area contributed by atoms with E-state index < -0.39 is 0 Å². The number of fused-ring (bicyclic) bond motifs is 1. The number of nitrogens with one attached hydrogen (secondary N) is 1. The molecule has 142 valence electrons. The molecule has 1 fully saturated rings. The summed E-state index contributed by atoms with van der Waals surface area (Å²) in [6, 6.07) is 1.57. The van der Waals surface area contributed by atoms with Crippen LogP contribution in [0, 0.1) is 20.8 Å². The van der Waals surface area contributed by atoms with Crippen molar-refractivity contribution in [3.05, 3.63) is 50.7 Å². The third-order valence-electron chi connectivity index (χ3n) is 5.32. The zero-order valence-corrected chi connectivity index (χ0v) is 16.0. The number of likely N-dealkylation sites (tertiary alicyclic amines) is 1. The molecule has 3 aromatic heterocycles. The summed E-state index contributed by atoms with van der Waals surface area (Å²) in [4.78, 5) is 35.9. The van der Waals surface area contributed by atoms with Crippen molar-refractivity contribution in [2.24, 2.45) is 0 Å². The topological polar surface area (TPSA) is 96.5 Å². The van der Waals surface area contributed by atoms with Gasteiger partial charge in [-0.2, -0.15) is 0 Å². The lowest BCUT2D eigenvalue weighted by atomic mass is 10.0. The first kappa shape index (κ1) is 17.5. The molecule has 1 aliphatic heterocycles. The number of hydrogen-bond acceptors (Lipinski definition) is 5. The molecule has 1 atom stereocenters. The number of aryl methyl sites for hydroxylation is 4. The minimum absolute atomic E-state index is 0.0374. The van der Waals surface area contributed by atoms with Crippen molar-refractivity contribution >= 4 is 11.6 Å². The van der Waals surface area contributed by atoms with E-state index in [1.54, 1.807) is 24.8 Å². The fraction of sp³-hybridized carbons (Fsp3) is 0.474. The fourth-order valence-corrected chi connectivity index (χ4v) is 3.83. The third-order valence-corrected chi connectivity index (χ3v) is 5.32. The Balaban J connectivity index is 1.62. The first-order valence-corrected chi connectivity index (χ1v) is 9.23. The van der Waals surface area contributed by atoms with Gasteiger partial charge in [-0.05, 0) is 26.7 Å². The van der Waals surface area contributed by atoms with E-state index in [4.69, 9.17) is 9.40 Å². The number of H-pyrrole nitrogens is 1. The fourth-order valence-electron chi connectivity index (χ4n) is 3.83. The van der Waals surface area contributed by atoms with Gasteiger partial charge in [-0.1, -0.05) is 6.92 Å². The van der Waals surface area contributed by atoms with E-state index in [2.05, 4.69) is 10.1 Å². The van der Waals surface area contributed by atoms with E-state index in [1.165, 1.54) is 4.52 Å². The van der Waals surface area contributed by atoms with E-state index in [9.17, 15) is 9.59 Å². The van der Waals surface area contributed by atoms with E-state index >= 15 is 0 Å². The lowest BCUT2D eigenvalue weighted by molar-refractivity contribution is 0.0756. The van der Waals surface area contributed by atoms with Gasteiger partial charge in [-0.3, -0.25) is 14.7 Å². The molecular weight excluding hydrogens is 346 g/mol. The van der Waals surface area contributed by atoms with Crippen molar-refractivity contribution < 1.29 is 9.21 Å². The van der Waals surface area contributed by atoms with Gasteiger partial charge in [0.15, 0.2) is 11.5 Å². The number of carbonyl (C=O) groups is 1. The molecule has 27 heavy (non-hydrogen) atoms. The van der Waals surface area contributed by atoms with Gasteiger partial charge in [0, 0.05) is 43.3 Å². The van der Waals surface area contributed by atoms with Crippen molar-refractivity contribution in [1.29, 1.82) is 0 Å². The normalized spacial score (nSPS) is 17.2. The Kier molecular flexibility index (Phi) is 4.13. The van der Waals surface area contributed by atoms with Gasteiger partial charge < -0.3 is 9.32 Å². The Hall–Kier alpha value is -2.90. The van der Waals surface area contributed by atoms with Crippen molar-refractivity contribution in [2.75, 3.05) is 13.1 Å². The molecule has 1 saturated heterocycles. The zero-order valence-electron chi connectivity index (χ0n) is 16.0. The minimum Gasteiger partial charge on any atom is -0.436 e. The number of hydrogen-bond donors (Lipinski definition) is 1. The highest BCUT2D eigenvalue weighted by atomic mass is 16.4. The van der Waals surface area contributed by atoms with Gasteiger partial charge in [-0.15, -0.1) is 0 Å². The SMILES string of the molecule is CCc1[nH]n2c(=O)cc([C@@H]3CCN(C(=O)c4oc(C)nc4C)C3)nc2c1C. The number of oxazole rings is 1. The molecule has 0 bridgehead atoms. The van der Waals surface area contributed by atoms with E-state index in [1.807, 2.05) is 13.8 Å². The zero-order chi connectivity index (χ0) is 19.3. The molecule has 0 aliphatic carbocycles. The van der Waals surface area contributed by atoms with Gasteiger partial charge in [0.05, 0.1) is 11.4 Å². The molecule has 1 N–H and O–H groups in total. The van der Waals surface area contributed by atoms with Crippen LogP contribution in [0.5, 0.6) is 0 Å². The summed E-state index contributed by atoms with van der Waals surface area (Å²) >= 11 is 0. The molecule has 0 radical (unpaired) electrons. The van der Waals surface area contributed by atoms with Crippen LogP contribution in [0.3, 0.4) is 0 Å². The molecule has 1 amide bonds. The summed E-state index contributed by atoms with van der Waals surface area (Å²) in [6.45, 7) is 8.64. The molecular formula is C19H23N5O3. The van der Waals surface area contributed by atoms with Crippen LogP contribution in [0.15, 0.2) is 15.3 Å². The number of amides is 1. The minimum atomic E-state index is -0.153. The van der Waals surface area contributed by atoms with Crippen LogP contribution < -0.4 is 5.56 Å². The Bertz CT molecular complexity index is 1090. The van der Waals surface area contributed by atoms with Crippen LogP contribution in [-0.4, -0.2) is 43.5 Å². The predicted octanol–water partition coefficient (Wildman–Crippen LogP) is 2.13. The highest BCUT2D eigenvalue weighted by molar-refractivity contribution is 5.92. The largest absolute Gasteiger partial charge is 0.436 e. The molecule has 1 aliphatic rings. The summed E-state index contributed by atoms with van der Waals surface area (Å²) in [7, 11) is 0. The van der Waals surface area contributed by atoms with Crippen LogP contribution in [0.25, 0.3) is 5.65 Å². The molecule has 4 rings (SSSR count). The molecule has 0 spiro atoms. The van der Waals surface area contributed by atoms with Gasteiger partial charge in [0.1, 0.15) is 0 Å². The lowest BCUT2D eigenvalue weighted by Crippen LogP contribution is -2.29. The van der Waals surface area contributed by atoms with Crippen LogP contribution in [-0.2, 0) is 6.42 Å². The second kappa shape index (κ2) is 6.37. The number of nitrogens with zero attached hydrogens (tertiary/aromatic N) is 4. The first-order chi connectivity index (χ1) is 12.9. The molecule has 0 aromatic carbocycles. The van der Waals surface area contributed by atoms with Crippen molar-refractivity contribution in [2.45, 2.75) is 46.5 Å². The molecule has 3 aromatic rings. The van der Waals surface area contributed by atoms with Crippen LogP contribution in [0.1, 0.15) is 58.4 Å². The second-order valence-corrected chi connectivity index (χ2v) is 7.13. The maximum Gasteiger partial charge on any atom is 0.291 e. The van der Waals surface area contributed by atoms with Gasteiger partial charge in [0.2, 0.25) is 5.76 Å². The summed E-state index contributed by atoms with van der Waals surface area (Å²) in [5.74, 6) is 0.668. The highest BCUT2D eigenvalue weighted by Crippen LogP contribution is 2.28. The number of carbonyl (C=O) groups excluding carboxylic acids is 1. The number of aromatic amines is 1. The summed E-state index contributed by atoms with van der Waals surface area (Å²) in [5, 5.41) is 3.11. The quantitative estimate of drug-likeness (QED) is 0.763. The summed E-state index contributed by atoms with van der Waals surface area (Å²) in [6.07, 6.45) is 1.58. The Morgan fingerprint density at radius 1 is 1.33 bits per heavy atom. The molecule has 4 heterocycles. The first-order valence-electron chi connectivity index (χ1n) is 9.23. The molecule has 8 heteroatoms. The van der Waals surface area contributed by atoms with Gasteiger partial charge in [-0.25, -0.2) is 14.5 Å². The Morgan fingerprint density at radius 3 is 2.78 bits per heavy atom. The second-order valence-electron chi connectivity index (χ2n) is 7.13. The monoisotopic (exact) mass is 369 g/mol. The molecule has 0 unspecified atom stereocenters. The van der Waals surface area contributed by atoms with E-state index in [0.29, 0.717) is 36.1 Å². The van der Waals surface area contributed by atoms with Crippen molar-refractivity contribution in [3.63, 3.8) is 0 Å². The van der Waals surface area contributed by atoms with Crippen molar-refractivity contribution in [3.8, 4) is 0 Å². The molecule has 0 saturated carbocycles. The number of aromatic nitrogens is 4. The van der Waals surface area contributed by atoms with Crippen LogP contribution in [0.2, 0.25) is 0 Å². The number of rotatable bonds is 3. The summed E-state index contributed by atoms with van der Waals surface area (Å²) < 4.78 is 6.96. The van der Waals surface area contributed by atoms with Crippen molar-refractivity contribution in [1.82, 2.24) is 24.5 Å².